The number of carbonyl (C=O) groups is 2. The molecule has 4 rings (SSSR count). The SMILES string of the molecule is COCc1cc(-c2nc(-c3cccc(CC(=O)N(C)CC(=O)OC)c3)no2)ccc1-c1ccccc1OC. The highest BCUT2D eigenvalue weighted by Crippen LogP contribution is 2.35. The molecule has 0 unspecified atom stereocenters. The first kappa shape index (κ1) is 26.6. The largest absolute Gasteiger partial charge is 0.496 e. The van der Waals surface area contributed by atoms with Crippen molar-refractivity contribution in [3.8, 4) is 39.7 Å². The first-order valence-electron chi connectivity index (χ1n) is 11.9. The molecule has 0 radical (unpaired) electrons. The van der Waals surface area contributed by atoms with Crippen molar-refractivity contribution < 1.29 is 28.3 Å². The monoisotopic (exact) mass is 515 g/mol. The maximum atomic E-state index is 12.5. The number of aromatic nitrogens is 2. The van der Waals surface area contributed by atoms with Crippen molar-refractivity contribution in [1.29, 1.82) is 0 Å². The fourth-order valence-electron chi connectivity index (χ4n) is 4.07. The number of para-hydroxylation sites is 1. The summed E-state index contributed by atoms with van der Waals surface area (Å²) in [6.07, 6.45) is 0.122. The van der Waals surface area contributed by atoms with E-state index in [-0.39, 0.29) is 18.9 Å². The normalized spacial score (nSPS) is 10.7. The van der Waals surface area contributed by atoms with E-state index in [0.717, 1.165) is 33.6 Å². The van der Waals surface area contributed by atoms with Crippen molar-refractivity contribution in [2.45, 2.75) is 13.0 Å². The van der Waals surface area contributed by atoms with Crippen LogP contribution in [0.4, 0.5) is 0 Å². The van der Waals surface area contributed by atoms with E-state index in [2.05, 4.69) is 14.9 Å². The number of likely N-dealkylation sites (N-methyl/N-ethyl adjacent to an activating group) is 1. The van der Waals surface area contributed by atoms with Gasteiger partial charge in [-0.25, -0.2) is 0 Å². The highest BCUT2D eigenvalue weighted by molar-refractivity contribution is 5.83. The lowest BCUT2D eigenvalue weighted by molar-refractivity contribution is -0.145. The summed E-state index contributed by atoms with van der Waals surface area (Å²) < 4.78 is 21.2. The van der Waals surface area contributed by atoms with Crippen LogP contribution in [0.1, 0.15) is 11.1 Å². The zero-order chi connectivity index (χ0) is 27.1. The third kappa shape index (κ3) is 6.07. The number of hydrogen-bond acceptors (Lipinski definition) is 8. The minimum absolute atomic E-state index is 0.107. The lowest BCUT2D eigenvalue weighted by atomic mass is 9.97. The Labute approximate surface area is 220 Å². The van der Waals surface area contributed by atoms with Crippen LogP contribution in [0.3, 0.4) is 0 Å². The molecule has 4 aromatic rings. The van der Waals surface area contributed by atoms with Crippen LogP contribution in [-0.4, -0.2) is 61.8 Å². The van der Waals surface area contributed by atoms with Gasteiger partial charge >= 0.3 is 5.97 Å². The summed E-state index contributed by atoms with van der Waals surface area (Å²) in [4.78, 5) is 29.9. The maximum absolute atomic E-state index is 12.5. The molecule has 1 aromatic heterocycles. The molecule has 0 spiro atoms. The Balaban J connectivity index is 1.57. The Bertz CT molecular complexity index is 1430. The summed E-state index contributed by atoms with van der Waals surface area (Å²) in [5.41, 5.74) is 5.13. The van der Waals surface area contributed by atoms with Crippen molar-refractivity contribution in [2.24, 2.45) is 0 Å². The van der Waals surface area contributed by atoms with Gasteiger partial charge in [-0.1, -0.05) is 47.6 Å². The third-order valence-corrected chi connectivity index (χ3v) is 6.04. The molecule has 9 nitrogen and oxygen atoms in total. The molecule has 0 atom stereocenters. The van der Waals surface area contributed by atoms with Gasteiger partial charge in [0.15, 0.2) is 0 Å². The third-order valence-electron chi connectivity index (χ3n) is 6.04. The molecule has 1 heterocycles. The molecule has 0 aliphatic rings. The lowest BCUT2D eigenvalue weighted by Gasteiger charge is -2.15. The molecule has 3 aromatic carbocycles. The molecular weight excluding hydrogens is 486 g/mol. The van der Waals surface area contributed by atoms with E-state index in [0.29, 0.717) is 23.9 Å². The molecule has 0 aliphatic carbocycles. The molecule has 0 saturated heterocycles. The first-order valence-corrected chi connectivity index (χ1v) is 11.9. The number of nitrogens with zero attached hydrogens (tertiary/aromatic N) is 3. The lowest BCUT2D eigenvalue weighted by Crippen LogP contribution is -2.33. The molecule has 0 N–H and O–H groups in total. The topological polar surface area (TPSA) is 104 Å². The number of amides is 1. The van der Waals surface area contributed by atoms with E-state index < -0.39 is 5.97 Å². The quantitative estimate of drug-likeness (QED) is 0.286. The highest BCUT2D eigenvalue weighted by atomic mass is 16.5. The second-order valence-electron chi connectivity index (χ2n) is 8.63. The molecule has 0 saturated carbocycles. The highest BCUT2D eigenvalue weighted by Gasteiger charge is 2.17. The number of benzene rings is 3. The van der Waals surface area contributed by atoms with Gasteiger partial charge in [-0.3, -0.25) is 9.59 Å². The summed E-state index contributed by atoms with van der Waals surface area (Å²) in [6, 6.07) is 21.0. The average molecular weight is 516 g/mol. The van der Waals surface area contributed by atoms with Crippen LogP contribution >= 0.6 is 0 Å². The predicted molar refractivity (Wildman–Crippen MR) is 141 cm³/mol. The number of esters is 1. The fraction of sp³-hybridized carbons (Fsp3) is 0.241. The van der Waals surface area contributed by atoms with Gasteiger partial charge in [0.05, 0.1) is 27.2 Å². The van der Waals surface area contributed by atoms with Crippen molar-refractivity contribution in [3.63, 3.8) is 0 Å². The van der Waals surface area contributed by atoms with Crippen LogP contribution in [0.25, 0.3) is 34.0 Å². The number of carbonyl (C=O) groups excluding carboxylic acids is 2. The number of ether oxygens (including phenoxy) is 3. The van der Waals surface area contributed by atoms with E-state index in [1.165, 1.54) is 12.0 Å². The Morgan fingerprint density at radius 2 is 1.74 bits per heavy atom. The van der Waals surface area contributed by atoms with Crippen LogP contribution in [0, 0.1) is 0 Å². The van der Waals surface area contributed by atoms with Crippen LogP contribution in [0.2, 0.25) is 0 Å². The van der Waals surface area contributed by atoms with E-state index in [1.807, 2.05) is 66.7 Å². The van der Waals surface area contributed by atoms with Crippen LogP contribution < -0.4 is 4.74 Å². The molecule has 1 amide bonds. The van der Waals surface area contributed by atoms with Gasteiger partial charge in [0.25, 0.3) is 5.89 Å². The van der Waals surface area contributed by atoms with Gasteiger partial charge in [0.1, 0.15) is 12.3 Å². The number of rotatable bonds is 10. The van der Waals surface area contributed by atoms with Crippen molar-refractivity contribution >= 4 is 11.9 Å². The summed E-state index contributed by atoms with van der Waals surface area (Å²) in [7, 11) is 6.14. The van der Waals surface area contributed by atoms with Crippen molar-refractivity contribution in [2.75, 3.05) is 34.9 Å². The van der Waals surface area contributed by atoms with Crippen LogP contribution in [0.5, 0.6) is 5.75 Å². The molecule has 196 valence electrons. The summed E-state index contributed by atoms with van der Waals surface area (Å²) in [6.45, 7) is 0.285. The van der Waals surface area contributed by atoms with Gasteiger partial charge in [0, 0.05) is 30.8 Å². The number of methoxy groups -OCH3 is 3. The number of hydrogen-bond donors (Lipinski definition) is 0. The molecular formula is C29H29N3O6. The minimum atomic E-state index is -0.474. The maximum Gasteiger partial charge on any atom is 0.325 e. The summed E-state index contributed by atoms with van der Waals surface area (Å²) in [5.74, 6) is 0.857. The van der Waals surface area contributed by atoms with Gasteiger partial charge < -0.3 is 23.6 Å². The average Bonchev–Trinajstić information content (AvgIpc) is 3.44. The van der Waals surface area contributed by atoms with Gasteiger partial charge in [-0.15, -0.1) is 0 Å². The zero-order valence-electron chi connectivity index (χ0n) is 21.8. The van der Waals surface area contributed by atoms with Crippen molar-refractivity contribution in [3.05, 3.63) is 77.9 Å². The minimum Gasteiger partial charge on any atom is -0.496 e. The van der Waals surface area contributed by atoms with Crippen molar-refractivity contribution in [1.82, 2.24) is 15.0 Å². The smallest absolute Gasteiger partial charge is 0.325 e. The van der Waals surface area contributed by atoms with Gasteiger partial charge in [0.2, 0.25) is 11.7 Å². The Kier molecular flexibility index (Phi) is 8.50. The fourth-order valence-corrected chi connectivity index (χ4v) is 4.07. The summed E-state index contributed by atoms with van der Waals surface area (Å²) in [5, 5.41) is 4.16. The van der Waals surface area contributed by atoms with E-state index >= 15 is 0 Å². The van der Waals surface area contributed by atoms with E-state index in [1.54, 1.807) is 21.3 Å². The Hall–Kier alpha value is -4.50. The first-order chi connectivity index (χ1) is 18.4. The van der Waals surface area contributed by atoms with Crippen LogP contribution in [0.15, 0.2) is 71.3 Å². The van der Waals surface area contributed by atoms with Crippen LogP contribution in [-0.2, 0) is 32.1 Å². The molecule has 0 aliphatic heterocycles. The second-order valence-corrected chi connectivity index (χ2v) is 8.63. The van der Waals surface area contributed by atoms with Gasteiger partial charge in [-0.2, -0.15) is 4.98 Å². The Morgan fingerprint density at radius 3 is 2.50 bits per heavy atom. The molecule has 0 bridgehead atoms. The second kappa shape index (κ2) is 12.2. The standard InChI is InChI=1S/C29H29N3O6/c1-32(17-27(34)37-4)26(33)15-19-8-7-9-20(14-19)28-30-29(38-31-28)21-12-13-23(22(16-21)18-35-2)24-10-5-6-11-25(24)36-3/h5-14,16H,15,17-18H2,1-4H3. The summed E-state index contributed by atoms with van der Waals surface area (Å²) >= 11 is 0. The van der Waals surface area contributed by atoms with E-state index in [4.69, 9.17) is 14.0 Å². The zero-order valence-corrected chi connectivity index (χ0v) is 21.8. The predicted octanol–water partition coefficient (Wildman–Crippen LogP) is 4.40. The van der Waals surface area contributed by atoms with Gasteiger partial charge in [-0.05, 0) is 41.0 Å². The Morgan fingerprint density at radius 1 is 0.921 bits per heavy atom. The molecule has 9 heteroatoms. The molecule has 38 heavy (non-hydrogen) atoms. The molecule has 0 fully saturated rings. The van der Waals surface area contributed by atoms with E-state index in [9.17, 15) is 9.59 Å².